The Balaban J connectivity index is 2.19. The van der Waals surface area contributed by atoms with Gasteiger partial charge in [0.25, 0.3) is 11.8 Å². The molecule has 160 valence electrons. The first kappa shape index (κ1) is 22.7. The number of furan rings is 1. The number of carbonyl (C=O) groups excluding carboxylic acids is 4. The fraction of sp³-hybridized carbons (Fsp3) is 0.333. The SMILES string of the molecule is CCNC(=O)NC(=O)[C@@H](OC(=O)[C@@H](NC(=O)c1ccco1)C(C)C)c1ccccc1. The van der Waals surface area contributed by atoms with Crippen LogP contribution in [0.5, 0.6) is 0 Å². The van der Waals surface area contributed by atoms with Crippen LogP contribution >= 0.6 is 0 Å². The highest BCUT2D eigenvalue weighted by molar-refractivity contribution is 5.98. The van der Waals surface area contributed by atoms with Crippen LogP contribution in [0.1, 0.15) is 43.0 Å². The summed E-state index contributed by atoms with van der Waals surface area (Å²) < 4.78 is 10.5. The number of benzene rings is 1. The summed E-state index contributed by atoms with van der Waals surface area (Å²) in [4.78, 5) is 49.5. The van der Waals surface area contributed by atoms with Crippen LogP contribution < -0.4 is 16.0 Å². The first-order valence-corrected chi connectivity index (χ1v) is 9.52. The van der Waals surface area contributed by atoms with Gasteiger partial charge in [0.05, 0.1) is 6.26 Å². The van der Waals surface area contributed by atoms with Gasteiger partial charge in [0.1, 0.15) is 6.04 Å². The number of nitrogens with one attached hydrogen (secondary N) is 3. The van der Waals surface area contributed by atoms with Crippen molar-refractivity contribution in [1.29, 1.82) is 0 Å². The minimum absolute atomic E-state index is 0.0436. The van der Waals surface area contributed by atoms with Crippen LogP contribution in [0.25, 0.3) is 0 Å². The van der Waals surface area contributed by atoms with Gasteiger partial charge in [-0.25, -0.2) is 9.59 Å². The molecule has 30 heavy (non-hydrogen) atoms. The lowest BCUT2D eigenvalue weighted by molar-refractivity contribution is -0.159. The molecular formula is C21H25N3O6. The van der Waals surface area contributed by atoms with E-state index in [1.807, 2.05) is 0 Å². The topological polar surface area (TPSA) is 127 Å². The number of carbonyl (C=O) groups is 4. The number of rotatable bonds is 8. The first-order valence-electron chi connectivity index (χ1n) is 9.52. The Morgan fingerprint density at radius 3 is 2.30 bits per heavy atom. The average Bonchev–Trinajstić information content (AvgIpc) is 3.25. The number of imide groups is 1. The predicted molar refractivity (Wildman–Crippen MR) is 107 cm³/mol. The summed E-state index contributed by atoms with van der Waals surface area (Å²) in [7, 11) is 0. The van der Waals surface area contributed by atoms with Crippen molar-refractivity contribution in [3.63, 3.8) is 0 Å². The third-order valence-corrected chi connectivity index (χ3v) is 4.10. The molecule has 2 atom stereocenters. The zero-order chi connectivity index (χ0) is 22.1. The van der Waals surface area contributed by atoms with Crippen LogP contribution in [-0.4, -0.2) is 36.4 Å². The molecule has 4 amide bonds. The van der Waals surface area contributed by atoms with Gasteiger partial charge in [0.15, 0.2) is 5.76 Å². The van der Waals surface area contributed by atoms with Gasteiger partial charge in [-0.1, -0.05) is 44.2 Å². The molecule has 2 rings (SSSR count). The van der Waals surface area contributed by atoms with Gasteiger partial charge in [0.2, 0.25) is 6.10 Å². The molecule has 0 fully saturated rings. The van der Waals surface area contributed by atoms with Gasteiger partial charge in [-0.2, -0.15) is 0 Å². The van der Waals surface area contributed by atoms with Crippen LogP contribution in [0.3, 0.4) is 0 Å². The molecule has 0 spiro atoms. The van der Waals surface area contributed by atoms with E-state index in [0.29, 0.717) is 12.1 Å². The average molecular weight is 415 g/mol. The molecule has 0 unspecified atom stereocenters. The lowest BCUT2D eigenvalue weighted by Crippen LogP contribution is -2.47. The summed E-state index contributed by atoms with van der Waals surface area (Å²) in [6.45, 7) is 5.47. The second-order valence-corrected chi connectivity index (χ2v) is 6.75. The van der Waals surface area contributed by atoms with Gasteiger partial charge >= 0.3 is 12.0 Å². The first-order chi connectivity index (χ1) is 14.3. The van der Waals surface area contributed by atoms with E-state index in [-0.39, 0.29) is 11.7 Å². The van der Waals surface area contributed by atoms with Gasteiger partial charge < -0.3 is 19.8 Å². The number of hydrogen-bond donors (Lipinski definition) is 3. The smallest absolute Gasteiger partial charge is 0.330 e. The second-order valence-electron chi connectivity index (χ2n) is 6.75. The molecule has 3 N–H and O–H groups in total. The molecule has 0 bridgehead atoms. The summed E-state index contributed by atoms with van der Waals surface area (Å²) in [5.74, 6) is -2.50. The van der Waals surface area contributed by atoms with Gasteiger partial charge in [-0.3, -0.25) is 14.9 Å². The lowest BCUT2D eigenvalue weighted by atomic mass is 10.0. The van der Waals surface area contributed by atoms with Crippen molar-refractivity contribution >= 4 is 23.8 Å². The maximum atomic E-state index is 12.8. The van der Waals surface area contributed by atoms with E-state index in [0.717, 1.165) is 0 Å². The summed E-state index contributed by atoms with van der Waals surface area (Å²) >= 11 is 0. The highest BCUT2D eigenvalue weighted by Gasteiger charge is 2.33. The number of esters is 1. The molecule has 2 aromatic rings. The zero-order valence-corrected chi connectivity index (χ0v) is 17.0. The Morgan fingerprint density at radius 2 is 1.73 bits per heavy atom. The summed E-state index contributed by atoms with van der Waals surface area (Å²) in [5.41, 5.74) is 0.382. The van der Waals surface area contributed by atoms with E-state index < -0.39 is 36.0 Å². The molecular weight excluding hydrogens is 390 g/mol. The van der Waals surface area contributed by atoms with Crippen molar-refractivity contribution in [3.8, 4) is 0 Å². The van der Waals surface area contributed by atoms with Crippen molar-refractivity contribution < 1.29 is 28.3 Å². The normalized spacial score (nSPS) is 12.5. The van der Waals surface area contributed by atoms with E-state index in [1.54, 1.807) is 57.2 Å². The molecule has 0 aliphatic carbocycles. The maximum Gasteiger partial charge on any atom is 0.330 e. The summed E-state index contributed by atoms with van der Waals surface area (Å²) in [6.07, 6.45) is -0.0302. The van der Waals surface area contributed by atoms with Gasteiger partial charge in [-0.05, 0) is 25.0 Å². The van der Waals surface area contributed by atoms with Crippen molar-refractivity contribution in [2.45, 2.75) is 32.9 Å². The molecule has 0 radical (unpaired) electrons. The van der Waals surface area contributed by atoms with Crippen molar-refractivity contribution in [2.24, 2.45) is 5.92 Å². The summed E-state index contributed by atoms with van der Waals surface area (Å²) in [6, 6.07) is 9.56. The monoisotopic (exact) mass is 415 g/mol. The molecule has 0 aliphatic heterocycles. The molecule has 9 heteroatoms. The second kappa shape index (κ2) is 10.8. The van der Waals surface area contributed by atoms with E-state index >= 15 is 0 Å². The minimum Gasteiger partial charge on any atom is -0.459 e. The summed E-state index contributed by atoms with van der Waals surface area (Å²) in [5, 5.41) is 7.14. The number of hydrogen-bond acceptors (Lipinski definition) is 6. The zero-order valence-electron chi connectivity index (χ0n) is 17.0. The predicted octanol–water partition coefficient (Wildman–Crippen LogP) is 2.16. The van der Waals surface area contributed by atoms with Crippen molar-refractivity contribution in [2.75, 3.05) is 6.54 Å². The fourth-order valence-electron chi connectivity index (χ4n) is 2.59. The third-order valence-electron chi connectivity index (χ3n) is 4.10. The van der Waals surface area contributed by atoms with Crippen molar-refractivity contribution in [1.82, 2.24) is 16.0 Å². The Bertz CT molecular complexity index is 864. The van der Waals surface area contributed by atoms with Crippen LogP contribution in [0.2, 0.25) is 0 Å². The van der Waals surface area contributed by atoms with E-state index in [1.165, 1.54) is 12.3 Å². The van der Waals surface area contributed by atoms with E-state index in [9.17, 15) is 19.2 Å². The molecule has 9 nitrogen and oxygen atoms in total. The Labute approximate surface area is 174 Å². The van der Waals surface area contributed by atoms with Crippen molar-refractivity contribution in [3.05, 3.63) is 60.1 Å². The molecule has 0 aliphatic rings. The molecule has 1 aromatic heterocycles. The highest BCUT2D eigenvalue weighted by Crippen LogP contribution is 2.20. The largest absolute Gasteiger partial charge is 0.459 e. The third kappa shape index (κ3) is 6.20. The minimum atomic E-state index is -1.37. The van der Waals surface area contributed by atoms with E-state index in [4.69, 9.17) is 9.15 Å². The maximum absolute atomic E-state index is 12.8. The quantitative estimate of drug-likeness (QED) is 0.567. The molecule has 0 saturated carbocycles. The molecule has 1 aromatic carbocycles. The number of amides is 4. The van der Waals surface area contributed by atoms with Crippen LogP contribution in [0.15, 0.2) is 53.1 Å². The fourth-order valence-corrected chi connectivity index (χ4v) is 2.59. The van der Waals surface area contributed by atoms with Gasteiger partial charge in [-0.15, -0.1) is 0 Å². The highest BCUT2D eigenvalue weighted by atomic mass is 16.5. The van der Waals surface area contributed by atoms with Crippen LogP contribution in [-0.2, 0) is 14.3 Å². The Morgan fingerprint density at radius 1 is 1.03 bits per heavy atom. The number of ether oxygens (including phenoxy) is 1. The van der Waals surface area contributed by atoms with Crippen LogP contribution in [0, 0.1) is 5.92 Å². The molecule has 1 heterocycles. The Hall–Kier alpha value is -3.62. The van der Waals surface area contributed by atoms with Gasteiger partial charge in [0, 0.05) is 12.1 Å². The van der Waals surface area contributed by atoms with Crippen LogP contribution in [0.4, 0.5) is 4.79 Å². The standard InChI is InChI=1S/C21H25N3O6/c1-4-22-21(28)24-19(26)17(14-9-6-5-7-10-14)30-20(27)16(13(2)3)23-18(25)15-11-8-12-29-15/h5-13,16-17H,4H2,1-3H3,(H,23,25)(H2,22,24,26,28)/t16-,17-/m0/s1. The Kier molecular flexibility index (Phi) is 8.16. The van der Waals surface area contributed by atoms with E-state index in [2.05, 4.69) is 16.0 Å². The number of urea groups is 1. The lowest BCUT2D eigenvalue weighted by Gasteiger charge is -2.24. The molecule has 0 saturated heterocycles.